The number of rotatable bonds is 0. The Hall–Kier alpha value is -2.46. The number of hydrogen-bond donors (Lipinski definition) is 3. The Kier molecular flexibility index (Phi) is 7.71. The van der Waals surface area contributed by atoms with E-state index in [-0.39, 0.29) is 0 Å². The third kappa shape index (κ3) is 6.75. The molecule has 0 spiro atoms. The van der Waals surface area contributed by atoms with Gasteiger partial charge in [-0.1, -0.05) is 55.7 Å². The fourth-order valence-electron chi connectivity index (χ4n) is 2.49. The van der Waals surface area contributed by atoms with E-state index in [2.05, 4.69) is 5.48 Å². The van der Waals surface area contributed by atoms with Gasteiger partial charge in [0.05, 0.1) is 0 Å². The molecule has 0 saturated heterocycles. The summed E-state index contributed by atoms with van der Waals surface area (Å²) in [5, 5.41) is 8.63. The first-order valence-electron chi connectivity index (χ1n) is 8.43. The van der Waals surface area contributed by atoms with Crippen LogP contribution in [-0.2, 0) is 0 Å². The average Bonchev–Trinajstić information content (AvgIpc) is 2.64. The number of hydroxylamine groups is 1. The van der Waals surface area contributed by atoms with E-state index in [1.54, 1.807) is 30.5 Å². The molecule has 0 unspecified atom stereocenters. The SMILES string of the molecule is C1=Cc2ccccc2ON1.NC1CCCCC1.Oc1ccccc1. The van der Waals surface area contributed by atoms with Gasteiger partial charge in [0.2, 0.25) is 0 Å². The van der Waals surface area contributed by atoms with Crippen LogP contribution < -0.4 is 16.1 Å². The lowest BCUT2D eigenvalue weighted by Crippen LogP contribution is -2.22. The van der Waals surface area contributed by atoms with Crippen molar-refractivity contribution in [1.29, 1.82) is 0 Å². The molecule has 128 valence electrons. The summed E-state index contributed by atoms with van der Waals surface area (Å²) >= 11 is 0. The topological polar surface area (TPSA) is 67.5 Å². The lowest BCUT2D eigenvalue weighted by atomic mass is 9.97. The Balaban J connectivity index is 0.000000134. The molecule has 0 radical (unpaired) electrons. The summed E-state index contributed by atoms with van der Waals surface area (Å²) in [6.45, 7) is 0. The summed E-state index contributed by atoms with van der Waals surface area (Å²) < 4.78 is 0. The van der Waals surface area contributed by atoms with Gasteiger partial charge in [-0.25, -0.2) is 5.48 Å². The predicted octanol–water partition coefficient (Wildman–Crippen LogP) is 4.22. The number of phenolic OH excluding ortho intramolecular Hbond substituents is 1. The molecule has 4 heteroatoms. The van der Waals surface area contributed by atoms with Gasteiger partial charge >= 0.3 is 0 Å². The van der Waals surface area contributed by atoms with Crippen LogP contribution in [0.25, 0.3) is 6.08 Å². The second-order valence-corrected chi connectivity index (χ2v) is 5.82. The Morgan fingerprint density at radius 1 is 0.917 bits per heavy atom. The molecule has 1 aliphatic carbocycles. The first kappa shape index (κ1) is 17.9. The standard InChI is InChI=1S/C8H7NO.C6H13N.C6H6O/c1-2-4-8-7(3-1)5-6-9-10-8;2*7-6-4-2-1-3-5-6/h1-6,9H;6H,1-5,7H2;1-5,7H. The van der Waals surface area contributed by atoms with Gasteiger partial charge in [0.15, 0.2) is 5.75 Å². The summed E-state index contributed by atoms with van der Waals surface area (Å²) in [6, 6.07) is 17.1. The number of para-hydroxylation sites is 2. The molecule has 1 aliphatic heterocycles. The maximum Gasteiger partial charge on any atom is 0.162 e. The fourth-order valence-corrected chi connectivity index (χ4v) is 2.49. The molecule has 4 rings (SSSR count). The number of benzene rings is 2. The van der Waals surface area contributed by atoms with Crippen LogP contribution in [0.4, 0.5) is 0 Å². The van der Waals surface area contributed by atoms with E-state index in [1.807, 2.05) is 36.4 Å². The summed E-state index contributed by atoms with van der Waals surface area (Å²) in [5.41, 5.74) is 9.41. The largest absolute Gasteiger partial charge is 0.508 e. The van der Waals surface area contributed by atoms with Gasteiger partial charge in [-0.05, 0) is 37.1 Å². The van der Waals surface area contributed by atoms with Crippen LogP contribution in [0, 0.1) is 0 Å². The van der Waals surface area contributed by atoms with Crippen molar-refractivity contribution < 1.29 is 9.94 Å². The Labute approximate surface area is 143 Å². The second kappa shape index (κ2) is 10.3. The van der Waals surface area contributed by atoms with Crippen LogP contribution in [0.1, 0.15) is 37.7 Å². The van der Waals surface area contributed by atoms with Crippen molar-refractivity contribution in [1.82, 2.24) is 5.48 Å². The molecule has 0 atom stereocenters. The van der Waals surface area contributed by atoms with Crippen LogP contribution in [0.5, 0.6) is 11.5 Å². The van der Waals surface area contributed by atoms with Crippen molar-refractivity contribution >= 4 is 6.08 Å². The normalized spacial score (nSPS) is 15.4. The molecule has 2 aliphatic rings. The molecule has 4 nitrogen and oxygen atoms in total. The molecule has 1 fully saturated rings. The van der Waals surface area contributed by atoms with E-state index in [4.69, 9.17) is 15.7 Å². The van der Waals surface area contributed by atoms with E-state index in [0.717, 1.165) is 11.3 Å². The maximum atomic E-state index is 8.63. The quantitative estimate of drug-likeness (QED) is 0.678. The molecule has 24 heavy (non-hydrogen) atoms. The molecule has 0 bridgehead atoms. The minimum Gasteiger partial charge on any atom is -0.508 e. The molecule has 0 aromatic heterocycles. The zero-order valence-corrected chi connectivity index (χ0v) is 13.9. The number of nitrogens with two attached hydrogens (primary N) is 1. The lowest BCUT2D eigenvalue weighted by Gasteiger charge is -2.15. The van der Waals surface area contributed by atoms with E-state index >= 15 is 0 Å². The van der Waals surface area contributed by atoms with Crippen molar-refractivity contribution in [3.05, 3.63) is 66.4 Å². The number of nitrogens with one attached hydrogen (secondary N) is 1. The highest BCUT2D eigenvalue weighted by Gasteiger charge is 2.06. The van der Waals surface area contributed by atoms with Crippen molar-refractivity contribution in [2.45, 2.75) is 38.1 Å². The zero-order chi connectivity index (χ0) is 17.0. The van der Waals surface area contributed by atoms with Crippen molar-refractivity contribution in [2.75, 3.05) is 0 Å². The summed E-state index contributed by atoms with van der Waals surface area (Å²) in [7, 11) is 0. The predicted molar refractivity (Wildman–Crippen MR) is 98.4 cm³/mol. The fraction of sp³-hybridized carbons (Fsp3) is 0.300. The molecule has 4 N–H and O–H groups in total. The molecule has 1 heterocycles. The first-order valence-corrected chi connectivity index (χ1v) is 8.43. The molecule has 0 amide bonds. The highest BCUT2D eigenvalue weighted by atomic mass is 16.6. The third-order valence-corrected chi connectivity index (χ3v) is 3.82. The number of hydrogen-bond acceptors (Lipinski definition) is 4. The highest BCUT2D eigenvalue weighted by Crippen LogP contribution is 2.20. The van der Waals surface area contributed by atoms with Crippen LogP contribution in [0.15, 0.2) is 60.8 Å². The van der Waals surface area contributed by atoms with Gasteiger partial charge in [-0.2, -0.15) is 0 Å². The summed E-state index contributed by atoms with van der Waals surface area (Å²) in [4.78, 5) is 5.09. The Bertz CT molecular complexity index is 608. The van der Waals surface area contributed by atoms with Gasteiger partial charge in [0.1, 0.15) is 5.75 Å². The Morgan fingerprint density at radius 3 is 2.12 bits per heavy atom. The van der Waals surface area contributed by atoms with Gasteiger partial charge < -0.3 is 15.7 Å². The van der Waals surface area contributed by atoms with Crippen molar-refractivity contribution in [3.8, 4) is 11.5 Å². The molecular weight excluding hydrogens is 300 g/mol. The van der Waals surface area contributed by atoms with Gasteiger partial charge in [-0.15, -0.1) is 0 Å². The monoisotopic (exact) mass is 326 g/mol. The van der Waals surface area contributed by atoms with Gasteiger partial charge in [-0.3, -0.25) is 0 Å². The van der Waals surface area contributed by atoms with Gasteiger partial charge in [0, 0.05) is 17.8 Å². The lowest BCUT2D eigenvalue weighted by molar-refractivity contribution is 0.239. The molecule has 2 aromatic rings. The van der Waals surface area contributed by atoms with E-state index in [9.17, 15) is 0 Å². The van der Waals surface area contributed by atoms with E-state index in [1.165, 1.54) is 32.1 Å². The van der Waals surface area contributed by atoms with Gasteiger partial charge in [0.25, 0.3) is 0 Å². The number of phenols is 1. The molecule has 2 aromatic carbocycles. The van der Waals surface area contributed by atoms with Crippen LogP contribution in [0.2, 0.25) is 0 Å². The zero-order valence-electron chi connectivity index (χ0n) is 13.9. The number of aromatic hydroxyl groups is 1. The smallest absolute Gasteiger partial charge is 0.162 e. The minimum atomic E-state index is 0.322. The summed E-state index contributed by atoms with van der Waals surface area (Å²) in [6.07, 6.45) is 10.4. The van der Waals surface area contributed by atoms with E-state index < -0.39 is 0 Å². The van der Waals surface area contributed by atoms with E-state index in [0.29, 0.717) is 11.8 Å². The Morgan fingerprint density at radius 2 is 1.58 bits per heavy atom. The van der Waals surface area contributed by atoms with Crippen LogP contribution in [0.3, 0.4) is 0 Å². The number of fused-ring (bicyclic) bond motifs is 1. The first-order chi connectivity index (χ1) is 11.8. The third-order valence-electron chi connectivity index (χ3n) is 3.82. The second-order valence-electron chi connectivity index (χ2n) is 5.82. The minimum absolute atomic E-state index is 0.322. The van der Waals surface area contributed by atoms with Crippen molar-refractivity contribution in [2.24, 2.45) is 5.73 Å². The molecular formula is C20H26N2O2. The average molecular weight is 326 g/mol. The van der Waals surface area contributed by atoms with Crippen LogP contribution >= 0.6 is 0 Å². The maximum absolute atomic E-state index is 8.63. The van der Waals surface area contributed by atoms with Crippen molar-refractivity contribution in [3.63, 3.8) is 0 Å². The molecule has 1 saturated carbocycles. The van der Waals surface area contributed by atoms with Crippen LogP contribution in [-0.4, -0.2) is 11.1 Å². The summed E-state index contributed by atoms with van der Waals surface area (Å²) in [5.74, 6) is 1.20. The highest BCUT2D eigenvalue weighted by molar-refractivity contribution is 5.57.